The molecular formula is C12H16N2O. The molecule has 1 aliphatic rings. The average Bonchev–Trinajstić information content (AvgIpc) is 2.80. The second-order valence-electron chi connectivity index (χ2n) is 3.78. The summed E-state index contributed by atoms with van der Waals surface area (Å²) >= 11 is 0. The van der Waals surface area contributed by atoms with Gasteiger partial charge < -0.3 is 5.11 Å². The zero-order valence-corrected chi connectivity index (χ0v) is 8.71. The van der Waals surface area contributed by atoms with Gasteiger partial charge in [0.05, 0.1) is 6.21 Å². The van der Waals surface area contributed by atoms with Gasteiger partial charge in [0.1, 0.15) is 6.10 Å². The summed E-state index contributed by atoms with van der Waals surface area (Å²) < 4.78 is 0. The molecule has 1 atom stereocenters. The topological polar surface area (TPSA) is 35.8 Å². The van der Waals surface area contributed by atoms with Crippen LogP contribution in [0.15, 0.2) is 35.4 Å². The molecule has 1 N–H and O–H groups in total. The number of benzene rings is 1. The van der Waals surface area contributed by atoms with Gasteiger partial charge in [-0.2, -0.15) is 5.10 Å². The molecule has 0 aromatic heterocycles. The number of hydrogen-bond donors (Lipinski definition) is 1. The maximum absolute atomic E-state index is 9.80. The second-order valence-corrected chi connectivity index (χ2v) is 3.78. The van der Waals surface area contributed by atoms with Crippen LogP contribution in [0.1, 0.15) is 24.5 Å². The first-order chi connectivity index (χ1) is 7.36. The lowest BCUT2D eigenvalue weighted by atomic mass is 10.1. The van der Waals surface area contributed by atoms with Crippen LogP contribution in [0.5, 0.6) is 0 Å². The molecule has 0 amide bonds. The molecule has 0 saturated carbocycles. The van der Waals surface area contributed by atoms with Crippen molar-refractivity contribution in [3.05, 3.63) is 35.9 Å². The van der Waals surface area contributed by atoms with Crippen LogP contribution >= 0.6 is 0 Å². The van der Waals surface area contributed by atoms with Gasteiger partial charge in [-0.1, -0.05) is 30.3 Å². The van der Waals surface area contributed by atoms with Crippen molar-refractivity contribution in [2.45, 2.75) is 18.9 Å². The fourth-order valence-electron chi connectivity index (χ4n) is 1.71. The fraction of sp³-hybridized carbons (Fsp3) is 0.417. The molecule has 1 aliphatic heterocycles. The number of aliphatic hydroxyl groups is 1. The van der Waals surface area contributed by atoms with Crippen molar-refractivity contribution in [1.29, 1.82) is 0 Å². The molecule has 1 aromatic carbocycles. The highest BCUT2D eigenvalue weighted by Crippen LogP contribution is 2.11. The predicted octanol–water partition coefficient (Wildman–Crippen LogP) is 1.80. The maximum Gasteiger partial charge on any atom is 0.116 e. The van der Waals surface area contributed by atoms with Crippen molar-refractivity contribution in [3.8, 4) is 0 Å². The van der Waals surface area contributed by atoms with Gasteiger partial charge in [-0.3, -0.25) is 5.01 Å². The zero-order valence-electron chi connectivity index (χ0n) is 8.71. The highest BCUT2D eigenvalue weighted by Gasteiger charge is 2.09. The Kier molecular flexibility index (Phi) is 3.35. The van der Waals surface area contributed by atoms with E-state index in [4.69, 9.17) is 0 Å². The third-order valence-corrected chi connectivity index (χ3v) is 2.59. The van der Waals surface area contributed by atoms with Crippen LogP contribution < -0.4 is 0 Å². The van der Waals surface area contributed by atoms with E-state index in [9.17, 15) is 5.11 Å². The first-order valence-corrected chi connectivity index (χ1v) is 5.38. The first-order valence-electron chi connectivity index (χ1n) is 5.38. The van der Waals surface area contributed by atoms with Crippen molar-refractivity contribution in [2.75, 3.05) is 13.1 Å². The lowest BCUT2D eigenvalue weighted by Crippen LogP contribution is -2.12. The minimum Gasteiger partial charge on any atom is -0.383 e. The highest BCUT2D eigenvalue weighted by molar-refractivity contribution is 5.65. The SMILES string of the molecule is OC(/C=N/N1CCCC1)c1ccccc1. The first kappa shape index (κ1) is 10.2. The molecule has 1 saturated heterocycles. The van der Waals surface area contributed by atoms with Gasteiger partial charge >= 0.3 is 0 Å². The Morgan fingerprint density at radius 1 is 1.20 bits per heavy atom. The monoisotopic (exact) mass is 204 g/mol. The number of hydrazone groups is 1. The Hall–Kier alpha value is -1.35. The standard InChI is InChI=1S/C12H16N2O/c15-12(11-6-2-1-3-7-11)10-13-14-8-4-5-9-14/h1-3,6-7,10,12,15H,4-5,8-9H2/b13-10+. The Bertz CT molecular complexity index is 318. The van der Waals surface area contributed by atoms with Crippen LogP contribution in [-0.2, 0) is 0 Å². The molecule has 3 nitrogen and oxygen atoms in total. The molecule has 15 heavy (non-hydrogen) atoms. The van der Waals surface area contributed by atoms with Crippen molar-refractivity contribution < 1.29 is 5.11 Å². The molecule has 1 unspecified atom stereocenters. The molecular weight excluding hydrogens is 188 g/mol. The lowest BCUT2D eigenvalue weighted by Gasteiger charge is -2.11. The van der Waals surface area contributed by atoms with Gasteiger partial charge in [-0.25, -0.2) is 0 Å². The van der Waals surface area contributed by atoms with E-state index in [1.54, 1.807) is 6.21 Å². The molecule has 1 fully saturated rings. The van der Waals surface area contributed by atoms with E-state index in [1.807, 2.05) is 35.3 Å². The van der Waals surface area contributed by atoms with Crippen LogP contribution in [0.3, 0.4) is 0 Å². The van der Waals surface area contributed by atoms with E-state index in [0.29, 0.717) is 0 Å². The van der Waals surface area contributed by atoms with Crippen molar-refractivity contribution in [1.82, 2.24) is 5.01 Å². The average molecular weight is 204 g/mol. The number of hydrogen-bond acceptors (Lipinski definition) is 3. The summed E-state index contributed by atoms with van der Waals surface area (Å²) in [5, 5.41) is 16.1. The molecule has 2 rings (SSSR count). The van der Waals surface area contributed by atoms with Crippen LogP contribution in [-0.4, -0.2) is 29.4 Å². The zero-order chi connectivity index (χ0) is 10.5. The van der Waals surface area contributed by atoms with Gasteiger partial charge in [0.25, 0.3) is 0 Å². The molecule has 80 valence electrons. The van der Waals surface area contributed by atoms with Crippen LogP contribution in [0.2, 0.25) is 0 Å². The summed E-state index contributed by atoms with van der Waals surface area (Å²) in [4.78, 5) is 0. The summed E-state index contributed by atoms with van der Waals surface area (Å²) in [5.41, 5.74) is 0.889. The van der Waals surface area contributed by atoms with Crippen molar-refractivity contribution in [2.24, 2.45) is 5.10 Å². The summed E-state index contributed by atoms with van der Waals surface area (Å²) in [5.74, 6) is 0. The second kappa shape index (κ2) is 4.94. The van der Waals surface area contributed by atoms with Crippen molar-refractivity contribution in [3.63, 3.8) is 0 Å². The summed E-state index contributed by atoms with van der Waals surface area (Å²) in [6.07, 6.45) is 3.44. The fourth-order valence-corrected chi connectivity index (χ4v) is 1.71. The molecule has 0 bridgehead atoms. The lowest BCUT2D eigenvalue weighted by molar-refractivity contribution is 0.247. The Balaban J connectivity index is 1.94. The minimum absolute atomic E-state index is 0.591. The Morgan fingerprint density at radius 3 is 2.53 bits per heavy atom. The van der Waals surface area contributed by atoms with E-state index >= 15 is 0 Å². The normalized spacial score (nSPS) is 18.6. The smallest absolute Gasteiger partial charge is 0.116 e. The Labute approximate surface area is 90.0 Å². The van der Waals surface area contributed by atoms with Crippen LogP contribution in [0.4, 0.5) is 0 Å². The third-order valence-electron chi connectivity index (χ3n) is 2.59. The number of aliphatic hydroxyl groups excluding tert-OH is 1. The van der Waals surface area contributed by atoms with Gasteiger partial charge in [0, 0.05) is 13.1 Å². The summed E-state index contributed by atoms with van der Waals surface area (Å²) in [6.45, 7) is 2.02. The molecule has 1 aromatic rings. The van der Waals surface area contributed by atoms with E-state index < -0.39 is 6.10 Å². The predicted molar refractivity (Wildman–Crippen MR) is 60.7 cm³/mol. The van der Waals surface area contributed by atoms with E-state index in [1.165, 1.54) is 12.8 Å². The van der Waals surface area contributed by atoms with E-state index in [0.717, 1.165) is 18.7 Å². The molecule has 1 heterocycles. The van der Waals surface area contributed by atoms with Crippen LogP contribution in [0.25, 0.3) is 0 Å². The van der Waals surface area contributed by atoms with E-state index in [2.05, 4.69) is 5.10 Å². The molecule has 3 heteroatoms. The van der Waals surface area contributed by atoms with Gasteiger partial charge in [-0.05, 0) is 18.4 Å². The molecule has 0 spiro atoms. The molecule has 0 aliphatic carbocycles. The van der Waals surface area contributed by atoms with Gasteiger partial charge in [0.2, 0.25) is 0 Å². The Morgan fingerprint density at radius 2 is 1.87 bits per heavy atom. The third kappa shape index (κ3) is 2.80. The molecule has 0 radical (unpaired) electrons. The van der Waals surface area contributed by atoms with Gasteiger partial charge in [0.15, 0.2) is 0 Å². The number of nitrogens with zero attached hydrogens (tertiary/aromatic N) is 2. The largest absolute Gasteiger partial charge is 0.383 e. The minimum atomic E-state index is -0.591. The maximum atomic E-state index is 9.80. The number of rotatable bonds is 3. The van der Waals surface area contributed by atoms with Gasteiger partial charge in [-0.15, -0.1) is 0 Å². The van der Waals surface area contributed by atoms with E-state index in [-0.39, 0.29) is 0 Å². The summed E-state index contributed by atoms with van der Waals surface area (Å²) in [7, 11) is 0. The highest BCUT2D eigenvalue weighted by atomic mass is 16.3. The van der Waals surface area contributed by atoms with Crippen molar-refractivity contribution >= 4 is 6.21 Å². The summed E-state index contributed by atoms with van der Waals surface area (Å²) in [6, 6.07) is 9.58. The quantitative estimate of drug-likeness (QED) is 0.762. The van der Waals surface area contributed by atoms with Crippen LogP contribution in [0, 0.1) is 0 Å².